The van der Waals surface area contributed by atoms with Gasteiger partial charge < -0.3 is 9.80 Å². The highest BCUT2D eigenvalue weighted by Crippen LogP contribution is 2.52. The van der Waals surface area contributed by atoms with Crippen molar-refractivity contribution in [2.75, 3.05) is 9.80 Å². The van der Waals surface area contributed by atoms with Crippen LogP contribution in [0.3, 0.4) is 0 Å². The molecule has 0 N–H and O–H groups in total. The van der Waals surface area contributed by atoms with Crippen LogP contribution < -0.4 is 9.80 Å². The maximum atomic E-state index is 2.40. The van der Waals surface area contributed by atoms with Crippen LogP contribution in [0, 0.1) is 6.92 Å². The highest BCUT2D eigenvalue weighted by atomic mass is 15.1. The first-order chi connectivity index (χ1) is 34.2. The molecule has 0 radical (unpaired) electrons. The van der Waals surface area contributed by atoms with Crippen LogP contribution in [-0.4, -0.2) is 0 Å². The largest absolute Gasteiger partial charge is 0.310 e. The van der Waals surface area contributed by atoms with E-state index in [2.05, 4.69) is 291 Å². The van der Waals surface area contributed by atoms with Gasteiger partial charge in [0.15, 0.2) is 0 Å². The molecule has 2 nitrogen and oxygen atoms in total. The number of fused-ring (bicyclic) bond motifs is 2. The molecule has 2 heteroatoms. The molecule has 0 aliphatic heterocycles. The molecule has 0 aromatic heterocycles. The zero-order valence-electron chi connectivity index (χ0n) is 39.0. The van der Waals surface area contributed by atoms with Crippen LogP contribution in [0.4, 0.5) is 34.1 Å². The Labute approximate surface area is 406 Å². The number of hydrogen-bond acceptors (Lipinski definition) is 2. The Hall–Kier alpha value is -8.72. The lowest BCUT2D eigenvalue weighted by Gasteiger charge is -2.29. The standard InChI is InChI=1S/C67H52N2/c1-3-4-34-58-48(2)23-21-38-62(58)68(54-30-13-7-14-31-54)56-44-40-52(41-45-56)66-64(50-25-9-5-10-26-50)60-36-19-20-37-61(60)65(51-27-11-6-12-28-51)67(66)53-42-46-57(47-43-53)69(55-32-15-8-16-33-55)63-39-22-29-49-24-17-18-35-59(49)63/h4-47H,3H2,1-2H3/b34-4-. The van der Waals surface area contributed by atoms with Crippen molar-refractivity contribution in [1.29, 1.82) is 0 Å². The lowest BCUT2D eigenvalue weighted by atomic mass is 9.79. The lowest BCUT2D eigenvalue weighted by Crippen LogP contribution is -2.11. The van der Waals surface area contributed by atoms with Crippen LogP contribution in [-0.2, 0) is 0 Å². The topological polar surface area (TPSA) is 6.48 Å². The Morgan fingerprint density at radius 3 is 1.20 bits per heavy atom. The normalized spacial score (nSPS) is 11.3. The van der Waals surface area contributed by atoms with Gasteiger partial charge in [0, 0.05) is 33.7 Å². The summed E-state index contributed by atoms with van der Waals surface area (Å²) >= 11 is 0. The van der Waals surface area contributed by atoms with Crippen molar-refractivity contribution < 1.29 is 0 Å². The van der Waals surface area contributed by atoms with Gasteiger partial charge in [-0.1, -0.05) is 213 Å². The Kier molecular flexibility index (Phi) is 12.0. The van der Waals surface area contributed by atoms with E-state index >= 15 is 0 Å². The molecule has 0 spiro atoms. The molecular weight excluding hydrogens is 833 g/mol. The number of allylic oxidation sites excluding steroid dienone is 1. The third kappa shape index (κ3) is 8.28. The third-order valence-electron chi connectivity index (χ3n) is 13.3. The number of anilines is 6. The van der Waals surface area contributed by atoms with Crippen molar-refractivity contribution in [3.63, 3.8) is 0 Å². The fourth-order valence-corrected chi connectivity index (χ4v) is 10.1. The molecule has 0 saturated heterocycles. The minimum absolute atomic E-state index is 0.967. The maximum Gasteiger partial charge on any atom is 0.0540 e. The van der Waals surface area contributed by atoms with E-state index in [4.69, 9.17) is 0 Å². The summed E-state index contributed by atoms with van der Waals surface area (Å²) in [5, 5.41) is 4.84. The second-order valence-corrected chi connectivity index (χ2v) is 17.5. The molecule has 0 atom stereocenters. The van der Waals surface area contributed by atoms with E-state index in [1.807, 2.05) is 0 Å². The van der Waals surface area contributed by atoms with Gasteiger partial charge in [0.2, 0.25) is 0 Å². The van der Waals surface area contributed by atoms with Crippen LogP contribution in [0.1, 0.15) is 24.5 Å². The first-order valence-electron chi connectivity index (χ1n) is 24.0. The molecule has 11 aromatic carbocycles. The molecule has 0 aliphatic carbocycles. The second kappa shape index (κ2) is 19.2. The first-order valence-corrected chi connectivity index (χ1v) is 24.0. The molecule has 11 aromatic rings. The van der Waals surface area contributed by atoms with Crippen molar-refractivity contribution in [3.8, 4) is 44.5 Å². The molecule has 0 heterocycles. The molecule has 0 saturated carbocycles. The molecule has 0 fully saturated rings. The predicted octanol–water partition coefficient (Wildman–Crippen LogP) is 19.3. The highest BCUT2D eigenvalue weighted by molar-refractivity contribution is 6.18. The van der Waals surface area contributed by atoms with Crippen LogP contribution in [0.5, 0.6) is 0 Å². The van der Waals surface area contributed by atoms with Crippen LogP contribution in [0.2, 0.25) is 0 Å². The van der Waals surface area contributed by atoms with E-state index in [0.29, 0.717) is 0 Å². The lowest BCUT2D eigenvalue weighted by molar-refractivity contribution is 1.23. The van der Waals surface area contributed by atoms with Crippen LogP contribution in [0.25, 0.3) is 72.1 Å². The molecule has 0 amide bonds. The van der Waals surface area contributed by atoms with E-state index in [0.717, 1.165) is 51.7 Å². The van der Waals surface area contributed by atoms with E-state index in [1.165, 1.54) is 66.1 Å². The molecule has 0 aliphatic rings. The van der Waals surface area contributed by atoms with Gasteiger partial charge in [-0.25, -0.2) is 0 Å². The van der Waals surface area contributed by atoms with E-state index in [1.54, 1.807) is 0 Å². The molecule has 330 valence electrons. The van der Waals surface area contributed by atoms with Crippen LogP contribution >= 0.6 is 0 Å². The summed E-state index contributed by atoms with van der Waals surface area (Å²) in [6.07, 6.45) is 5.50. The van der Waals surface area contributed by atoms with E-state index in [-0.39, 0.29) is 0 Å². The summed E-state index contributed by atoms with van der Waals surface area (Å²) in [6, 6.07) is 92.7. The Morgan fingerprint density at radius 2 is 0.696 bits per heavy atom. The summed E-state index contributed by atoms with van der Waals surface area (Å²) in [5.74, 6) is 0. The zero-order valence-corrected chi connectivity index (χ0v) is 39.0. The van der Waals surface area contributed by atoms with Crippen LogP contribution in [0.15, 0.2) is 261 Å². The molecular formula is C67H52N2. The molecule has 0 bridgehead atoms. The van der Waals surface area contributed by atoms with Gasteiger partial charge in [0.05, 0.1) is 11.4 Å². The second-order valence-electron chi connectivity index (χ2n) is 17.5. The minimum atomic E-state index is 0.967. The van der Waals surface area contributed by atoms with Gasteiger partial charge in [-0.15, -0.1) is 0 Å². The summed E-state index contributed by atoms with van der Waals surface area (Å²) in [6.45, 7) is 4.40. The van der Waals surface area contributed by atoms with Gasteiger partial charge in [0.25, 0.3) is 0 Å². The Morgan fingerprint density at radius 1 is 0.319 bits per heavy atom. The summed E-state index contributed by atoms with van der Waals surface area (Å²) in [5.41, 5.74) is 18.6. The smallest absolute Gasteiger partial charge is 0.0540 e. The van der Waals surface area contributed by atoms with Gasteiger partial charge in [-0.05, 0) is 140 Å². The fraction of sp³-hybridized carbons (Fsp3) is 0.0448. The predicted molar refractivity (Wildman–Crippen MR) is 297 cm³/mol. The van der Waals surface area contributed by atoms with Gasteiger partial charge in [0.1, 0.15) is 0 Å². The number of benzene rings is 11. The van der Waals surface area contributed by atoms with E-state index in [9.17, 15) is 0 Å². The molecule has 0 unspecified atom stereocenters. The summed E-state index contributed by atoms with van der Waals surface area (Å²) < 4.78 is 0. The Balaban J connectivity index is 1.16. The van der Waals surface area contributed by atoms with Crippen molar-refractivity contribution in [3.05, 3.63) is 272 Å². The SMILES string of the molecule is CC/C=C\c1c(C)cccc1N(c1ccccc1)c1ccc(-c2c(-c3ccc(N(c4ccccc4)c4cccc5ccccc45)cc3)c(-c3ccccc3)c3ccccc3c2-c2ccccc2)cc1. The number of nitrogens with zero attached hydrogens (tertiary/aromatic N) is 2. The summed E-state index contributed by atoms with van der Waals surface area (Å²) in [7, 11) is 0. The third-order valence-corrected chi connectivity index (χ3v) is 13.3. The maximum absolute atomic E-state index is 2.40. The van der Waals surface area contributed by atoms with Gasteiger partial charge in [-0.2, -0.15) is 0 Å². The highest BCUT2D eigenvalue weighted by Gasteiger charge is 2.25. The monoisotopic (exact) mass is 884 g/mol. The minimum Gasteiger partial charge on any atom is -0.310 e. The van der Waals surface area contributed by atoms with Gasteiger partial charge in [-0.3, -0.25) is 0 Å². The molecule has 11 rings (SSSR count). The van der Waals surface area contributed by atoms with Crippen molar-refractivity contribution in [2.24, 2.45) is 0 Å². The Bertz CT molecular complexity index is 3560. The number of rotatable bonds is 12. The first kappa shape index (κ1) is 42.9. The average Bonchev–Trinajstić information content (AvgIpc) is 3.42. The average molecular weight is 885 g/mol. The van der Waals surface area contributed by atoms with Crippen molar-refractivity contribution >= 4 is 61.7 Å². The number of hydrogen-bond donors (Lipinski definition) is 0. The molecule has 69 heavy (non-hydrogen) atoms. The number of aryl methyl sites for hydroxylation is 1. The zero-order chi connectivity index (χ0) is 46.5. The van der Waals surface area contributed by atoms with E-state index < -0.39 is 0 Å². The van der Waals surface area contributed by atoms with Crippen molar-refractivity contribution in [1.82, 2.24) is 0 Å². The summed E-state index contributed by atoms with van der Waals surface area (Å²) in [4.78, 5) is 4.78. The fourth-order valence-electron chi connectivity index (χ4n) is 10.1. The quantitative estimate of drug-likeness (QED) is 0.121. The number of para-hydroxylation sites is 2. The van der Waals surface area contributed by atoms with Gasteiger partial charge >= 0.3 is 0 Å². The van der Waals surface area contributed by atoms with Crippen molar-refractivity contribution in [2.45, 2.75) is 20.3 Å².